The minimum atomic E-state index is -4.61. The molecule has 0 saturated carbocycles. The van der Waals surface area contributed by atoms with Gasteiger partial charge in [-0.05, 0) is 19.2 Å². The minimum absolute atomic E-state index is 0. The van der Waals surface area contributed by atoms with E-state index in [1.165, 1.54) is 11.7 Å². The van der Waals surface area contributed by atoms with Gasteiger partial charge in [-0.25, -0.2) is 0 Å². The normalized spacial score (nSPS) is 11.6. The predicted molar refractivity (Wildman–Crippen MR) is 158 cm³/mol. The van der Waals surface area contributed by atoms with E-state index in [1.807, 2.05) is 18.7 Å². The fourth-order valence-electron chi connectivity index (χ4n) is 4.71. The van der Waals surface area contributed by atoms with E-state index in [-0.39, 0.29) is 53.8 Å². The van der Waals surface area contributed by atoms with Crippen molar-refractivity contribution in [1.82, 2.24) is 14.4 Å². The van der Waals surface area contributed by atoms with E-state index in [2.05, 4.69) is 0 Å². The number of nitrogens with zero attached hydrogens (tertiary/aromatic N) is 3. The number of thiophene rings is 1. The molecule has 2 aromatic heterocycles. The highest BCUT2D eigenvalue weighted by molar-refractivity contribution is 7.22. The van der Waals surface area contributed by atoms with Crippen LogP contribution in [0.2, 0.25) is 0 Å². The van der Waals surface area contributed by atoms with Crippen LogP contribution in [-0.2, 0) is 6.54 Å². The topological polar surface area (TPSA) is 71.8 Å². The van der Waals surface area contributed by atoms with Crippen LogP contribution in [0.3, 0.4) is 0 Å². The summed E-state index contributed by atoms with van der Waals surface area (Å²) in [6, 6.07) is 15.5. The van der Waals surface area contributed by atoms with Crippen molar-refractivity contribution in [3.8, 4) is 5.75 Å². The van der Waals surface area contributed by atoms with Gasteiger partial charge in [-0.2, -0.15) is 13.2 Å². The van der Waals surface area contributed by atoms with Crippen molar-refractivity contribution in [3.63, 3.8) is 0 Å². The van der Waals surface area contributed by atoms with Crippen molar-refractivity contribution in [2.45, 2.75) is 26.6 Å². The molecule has 41 heavy (non-hydrogen) atoms. The number of methoxy groups -OCH3 is 1. The van der Waals surface area contributed by atoms with E-state index >= 15 is 0 Å². The van der Waals surface area contributed by atoms with E-state index in [0.29, 0.717) is 34.3 Å². The van der Waals surface area contributed by atoms with Crippen molar-refractivity contribution in [2.75, 3.05) is 39.8 Å². The number of carbonyl (C=O) groups is 2. The van der Waals surface area contributed by atoms with Crippen LogP contribution >= 0.6 is 23.7 Å². The van der Waals surface area contributed by atoms with Crippen LogP contribution in [0.5, 0.6) is 5.75 Å². The molecule has 0 atom stereocenters. The number of Topliss-reactive ketones (excluding diaryl/α,β-unsaturated/α-hetero) is 1. The highest BCUT2D eigenvalue weighted by atomic mass is 35.5. The van der Waals surface area contributed by atoms with Gasteiger partial charge in [0.15, 0.2) is 11.5 Å². The SMILES string of the molecule is CCN(CC)CCN(CC(F)(F)F)C(=O)c1sc2c(c1OC)c(=O)n(CC(=O)c1ccccc1)c1ccccc21.Cl. The molecule has 0 radical (unpaired) electrons. The van der Waals surface area contributed by atoms with E-state index < -0.39 is 24.2 Å². The van der Waals surface area contributed by atoms with E-state index in [4.69, 9.17) is 4.74 Å². The Hall–Kier alpha value is -3.41. The number of carbonyl (C=O) groups excluding carboxylic acids is 2. The summed E-state index contributed by atoms with van der Waals surface area (Å²) in [6.45, 7) is 3.48. The average molecular weight is 610 g/mol. The second-order valence-corrected chi connectivity index (χ2v) is 10.3. The molecule has 4 aromatic rings. The van der Waals surface area contributed by atoms with Crippen LogP contribution in [0.4, 0.5) is 13.2 Å². The Morgan fingerprint density at radius 1 is 0.976 bits per heavy atom. The Labute approximate surface area is 245 Å². The summed E-state index contributed by atoms with van der Waals surface area (Å²) >= 11 is 0.929. The maximum absolute atomic E-state index is 13.8. The summed E-state index contributed by atoms with van der Waals surface area (Å²) in [5.41, 5.74) is 0.347. The van der Waals surface area contributed by atoms with Crippen molar-refractivity contribution in [3.05, 3.63) is 75.4 Å². The highest BCUT2D eigenvalue weighted by Crippen LogP contribution is 2.40. The molecule has 220 valence electrons. The Morgan fingerprint density at radius 2 is 1.61 bits per heavy atom. The molecule has 2 heterocycles. The fraction of sp³-hybridized carbons (Fsp3) is 0.345. The Balaban J connectivity index is 0.00000462. The average Bonchev–Trinajstić information content (AvgIpc) is 3.34. The van der Waals surface area contributed by atoms with Crippen LogP contribution < -0.4 is 10.3 Å². The molecule has 1 amide bonds. The molecule has 0 aliphatic heterocycles. The number of halogens is 4. The van der Waals surface area contributed by atoms with Gasteiger partial charge in [0.1, 0.15) is 16.8 Å². The lowest BCUT2D eigenvalue weighted by molar-refractivity contribution is -0.141. The number of benzene rings is 2. The zero-order valence-corrected chi connectivity index (χ0v) is 24.5. The maximum Gasteiger partial charge on any atom is 0.406 e. The molecule has 0 aliphatic rings. The molecule has 0 bridgehead atoms. The van der Waals surface area contributed by atoms with Gasteiger partial charge in [-0.3, -0.25) is 19.0 Å². The van der Waals surface area contributed by atoms with Gasteiger partial charge in [-0.1, -0.05) is 62.4 Å². The Morgan fingerprint density at radius 3 is 2.22 bits per heavy atom. The molecule has 0 saturated heterocycles. The lowest BCUT2D eigenvalue weighted by atomic mass is 10.1. The van der Waals surface area contributed by atoms with Crippen molar-refractivity contribution >= 4 is 56.4 Å². The number of fused-ring (bicyclic) bond motifs is 3. The number of amides is 1. The third kappa shape index (κ3) is 6.91. The van der Waals surface area contributed by atoms with Gasteiger partial charge in [0, 0.05) is 24.0 Å². The second kappa shape index (κ2) is 13.5. The number of hydrogen-bond acceptors (Lipinski definition) is 6. The van der Waals surface area contributed by atoms with Gasteiger partial charge in [0.2, 0.25) is 0 Å². The van der Waals surface area contributed by atoms with E-state index in [9.17, 15) is 27.6 Å². The van der Waals surface area contributed by atoms with Crippen LogP contribution in [-0.4, -0.2) is 72.1 Å². The largest absolute Gasteiger partial charge is 0.494 e. The molecule has 0 fully saturated rings. The number of rotatable bonds is 11. The van der Waals surface area contributed by atoms with Crippen molar-refractivity contribution in [2.24, 2.45) is 0 Å². The van der Waals surface area contributed by atoms with Gasteiger partial charge < -0.3 is 14.5 Å². The maximum atomic E-state index is 13.8. The summed E-state index contributed by atoms with van der Waals surface area (Å²) in [4.78, 5) is 43.1. The second-order valence-electron chi connectivity index (χ2n) is 9.23. The molecule has 0 unspecified atom stereocenters. The molecule has 0 aliphatic carbocycles. The first-order chi connectivity index (χ1) is 19.1. The van der Waals surface area contributed by atoms with E-state index in [0.717, 1.165) is 16.2 Å². The molecule has 7 nitrogen and oxygen atoms in total. The van der Waals surface area contributed by atoms with Crippen LogP contribution in [0.1, 0.15) is 33.9 Å². The molecule has 0 N–H and O–H groups in total. The highest BCUT2D eigenvalue weighted by Gasteiger charge is 2.36. The van der Waals surface area contributed by atoms with Crippen LogP contribution in [0.25, 0.3) is 21.0 Å². The monoisotopic (exact) mass is 609 g/mol. The summed E-state index contributed by atoms with van der Waals surface area (Å²) in [5.74, 6) is -1.24. The van der Waals surface area contributed by atoms with Gasteiger partial charge in [0.05, 0.1) is 23.9 Å². The standard InChI is InChI=1S/C29H30F3N3O4S.ClH/c1-4-33(5-2)15-16-34(18-29(30,31)32)28(38)26-24(39-3)23-25(40-26)20-13-9-10-14-21(20)35(27(23)37)17-22(36)19-11-7-6-8-12-19;/h6-14H,4-5,15-18H2,1-3H3;1H. The molecule has 12 heteroatoms. The summed E-state index contributed by atoms with van der Waals surface area (Å²) in [6.07, 6.45) is -4.61. The number of ketones is 1. The molecular weight excluding hydrogens is 579 g/mol. The number of hydrogen-bond donors (Lipinski definition) is 0. The smallest absolute Gasteiger partial charge is 0.406 e. The van der Waals surface area contributed by atoms with Crippen molar-refractivity contribution in [1.29, 1.82) is 0 Å². The van der Waals surface area contributed by atoms with Crippen molar-refractivity contribution < 1.29 is 27.5 Å². The number of ether oxygens (including phenoxy) is 1. The van der Waals surface area contributed by atoms with Gasteiger partial charge in [0.25, 0.3) is 11.5 Å². The summed E-state index contributed by atoms with van der Waals surface area (Å²) in [7, 11) is 1.27. The fourth-order valence-corrected chi connectivity index (χ4v) is 5.97. The van der Waals surface area contributed by atoms with Crippen LogP contribution in [0.15, 0.2) is 59.4 Å². The summed E-state index contributed by atoms with van der Waals surface area (Å²) < 4.78 is 47.8. The Bertz CT molecular complexity index is 1580. The lowest BCUT2D eigenvalue weighted by Crippen LogP contribution is -2.43. The zero-order chi connectivity index (χ0) is 29.0. The number of para-hydroxylation sites is 1. The number of likely N-dealkylation sites (N-methyl/N-ethyl adjacent to an activating group) is 1. The predicted octanol–water partition coefficient (Wildman–Crippen LogP) is 5.88. The Kier molecular flexibility index (Phi) is 10.6. The van der Waals surface area contributed by atoms with Gasteiger partial charge in [-0.15, -0.1) is 23.7 Å². The first-order valence-electron chi connectivity index (χ1n) is 12.9. The third-order valence-electron chi connectivity index (χ3n) is 6.80. The number of pyridine rings is 1. The molecule has 2 aromatic carbocycles. The quantitative estimate of drug-likeness (QED) is 0.199. The molecular formula is C29H31ClF3N3O4S. The van der Waals surface area contributed by atoms with Gasteiger partial charge >= 0.3 is 6.18 Å². The first-order valence-corrected chi connectivity index (χ1v) is 13.7. The first kappa shape index (κ1) is 32.1. The zero-order valence-electron chi connectivity index (χ0n) is 22.9. The van der Waals surface area contributed by atoms with Crippen LogP contribution in [0, 0.1) is 0 Å². The molecule has 0 spiro atoms. The van der Waals surface area contributed by atoms with E-state index in [1.54, 1.807) is 54.6 Å². The minimum Gasteiger partial charge on any atom is -0.494 e. The molecule has 4 rings (SSSR count). The lowest BCUT2D eigenvalue weighted by Gasteiger charge is -2.27. The third-order valence-corrected chi connectivity index (χ3v) is 7.99. The number of alkyl halides is 3. The number of aromatic nitrogens is 1. The summed E-state index contributed by atoms with van der Waals surface area (Å²) in [5, 5.41) is 0.650.